The van der Waals surface area contributed by atoms with Crippen LogP contribution in [-0.2, 0) is 0 Å². The van der Waals surface area contributed by atoms with Gasteiger partial charge in [0.2, 0.25) is 0 Å². The van der Waals surface area contributed by atoms with E-state index in [0.29, 0.717) is 0 Å². The molecule has 4 heteroatoms. The number of thiophene rings is 1. The fraction of sp³-hybridized carbons (Fsp3) is 0.0476. The third-order valence-electron chi connectivity index (χ3n) is 4.95. The maximum Gasteiger partial charge on any atom is 0.109 e. The first kappa shape index (κ1) is 13.3. The fourth-order valence-corrected chi connectivity index (χ4v) is 5.02. The van der Waals surface area contributed by atoms with E-state index in [9.17, 15) is 0 Å². The molecule has 6 aromatic rings. The molecule has 0 saturated heterocycles. The lowest BCUT2D eigenvalue weighted by molar-refractivity contribution is 1.34. The molecule has 5 heterocycles. The standard InChI is InChI=1S/C21H13N3S/c1-12-5-6-13-15-10-22-11-16-14-9-19(17-4-2-3-7-23-17)25-21(14)24(20(15)16)18(13)8-12/h2-11H,1H3. The van der Waals surface area contributed by atoms with E-state index in [1.165, 1.54) is 47.8 Å². The summed E-state index contributed by atoms with van der Waals surface area (Å²) in [4.78, 5) is 11.5. The van der Waals surface area contributed by atoms with Gasteiger partial charge in [-0.25, -0.2) is 0 Å². The number of hydrogen-bond donors (Lipinski definition) is 0. The third-order valence-corrected chi connectivity index (χ3v) is 6.09. The van der Waals surface area contributed by atoms with Gasteiger partial charge in [-0.05, 0) is 36.8 Å². The predicted molar refractivity (Wildman–Crippen MR) is 105 cm³/mol. The van der Waals surface area contributed by atoms with Gasteiger partial charge in [0, 0.05) is 40.1 Å². The molecule has 0 spiro atoms. The molecule has 0 aliphatic rings. The minimum absolute atomic E-state index is 1.02. The molecule has 0 saturated carbocycles. The van der Waals surface area contributed by atoms with Crippen molar-refractivity contribution in [3.8, 4) is 10.6 Å². The van der Waals surface area contributed by atoms with Crippen molar-refractivity contribution in [3.05, 3.63) is 66.6 Å². The smallest absolute Gasteiger partial charge is 0.109 e. The highest BCUT2D eigenvalue weighted by Crippen LogP contribution is 2.43. The summed E-state index contributed by atoms with van der Waals surface area (Å²) in [7, 11) is 0. The molecule has 1 aromatic carbocycles. The Labute approximate surface area is 147 Å². The molecule has 0 radical (unpaired) electrons. The highest BCUT2D eigenvalue weighted by molar-refractivity contribution is 7.22. The Morgan fingerprint density at radius 2 is 1.80 bits per heavy atom. The van der Waals surface area contributed by atoms with Gasteiger partial charge in [-0.1, -0.05) is 18.2 Å². The Morgan fingerprint density at radius 3 is 2.64 bits per heavy atom. The second-order valence-corrected chi connectivity index (χ2v) is 7.51. The molecule has 0 amide bonds. The summed E-state index contributed by atoms with van der Waals surface area (Å²) in [5.74, 6) is 0. The Kier molecular flexibility index (Phi) is 2.43. The number of hydrogen-bond acceptors (Lipinski definition) is 3. The number of fused-ring (bicyclic) bond motifs is 6. The average molecular weight is 339 g/mol. The largest absolute Gasteiger partial charge is 0.299 e. The Balaban J connectivity index is 1.84. The summed E-state index contributed by atoms with van der Waals surface area (Å²) < 4.78 is 2.40. The van der Waals surface area contributed by atoms with Crippen LogP contribution >= 0.6 is 11.3 Å². The second-order valence-electron chi connectivity index (χ2n) is 6.48. The molecule has 3 nitrogen and oxygen atoms in total. The zero-order valence-electron chi connectivity index (χ0n) is 13.5. The molecule has 0 fully saturated rings. The fourth-order valence-electron chi connectivity index (χ4n) is 3.85. The topological polar surface area (TPSA) is 30.2 Å². The van der Waals surface area contributed by atoms with Gasteiger partial charge in [-0.15, -0.1) is 11.3 Å². The third kappa shape index (κ3) is 1.64. The van der Waals surface area contributed by atoms with Gasteiger partial charge in [0.1, 0.15) is 4.83 Å². The molecule has 0 N–H and O–H groups in total. The summed E-state index contributed by atoms with van der Waals surface area (Å²) in [5, 5.41) is 4.99. The first-order valence-corrected chi connectivity index (χ1v) is 9.08. The highest BCUT2D eigenvalue weighted by Gasteiger charge is 2.20. The lowest BCUT2D eigenvalue weighted by Crippen LogP contribution is -1.79. The number of aromatic nitrogens is 3. The second kappa shape index (κ2) is 4.55. The van der Waals surface area contributed by atoms with Gasteiger partial charge >= 0.3 is 0 Å². The highest BCUT2D eigenvalue weighted by atomic mass is 32.1. The van der Waals surface area contributed by atoms with Gasteiger partial charge in [-0.3, -0.25) is 14.4 Å². The van der Waals surface area contributed by atoms with Gasteiger partial charge in [0.05, 0.1) is 21.6 Å². The first-order chi connectivity index (χ1) is 12.3. The monoisotopic (exact) mass is 339 g/mol. The summed E-state index contributed by atoms with van der Waals surface area (Å²) in [6, 6.07) is 15.0. The summed E-state index contributed by atoms with van der Waals surface area (Å²) in [6.45, 7) is 2.15. The van der Waals surface area contributed by atoms with E-state index in [0.717, 1.165) is 5.69 Å². The van der Waals surface area contributed by atoms with Crippen molar-refractivity contribution in [2.24, 2.45) is 0 Å². The van der Waals surface area contributed by atoms with Crippen molar-refractivity contribution in [1.82, 2.24) is 14.4 Å². The van der Waals surface area contributed by atoms with Crippen molar-refractivity contribution in [2.45, 2.75) is 6.92 Å². The molecule has 118 valence electrons. The average Bonchev–Trinajstić information content (AvgIpc) is 3.29. The van der Waals surface area contributed by atoms with Crippen LogP contribution in [0.1, 0.15) is 5.56 Å². The van der Waals surface area contributed by atoms with Crippen molar-refractivity contribution in [2.75, 3.05) is 0 Å². The van der Waals surface area contributed by atoms with E-state index in [1.807, 2.05) is 30.7 Å². The van der Waals surface area contributed by atoms with Crippen LogP contribution in [0.15, 0.2) is 61.1 Å². The quantitative estimate of drug-likeness (QED) is 0.387. The Morgan fingerprint density at radius 1 is 0.920 bits per heavy atom. The molecule has 0 atom stereocenters. The predicted octanol–water partition coefficient (Wildman–Crippen LogP) is 5.66. The van der Waals surface area contributed by atoms with Crippen LogP contribution in [-0.4, -0.2) is 14.4 Å². The molecular formula is C21H13N3S. The summed E-state index contributed by atoms with van der Waals surface area (Å²) in [6.07, 6.45) is 5.83. The number of rotatable bonds is 1. The first-order valence-electron chi connectivity index (χ1n) is 8.26. The minimum atomic E-state index is 1.02. The normalized spacial score (nSPS) is 12.2. The number of pyridine rings is 2. The molecule has 0 aliphatic carbocycles. The van der Waals surface area contributed by atoms with Crippen molar-refractivity contribution in [1.29, 1.82) is 0 Å². The van der Waals surface area contributed by atoms with Crippen LogP contribution in [0, 0.1) is 6.92 Å². The number of nitrogens with zero attached hydrogens (tertiary/aromatic N) is 3. The summed E-state index contributed by atoms with van der Waals surface area (Å²) >= 11 is 1.80. The van der Waals surface area contributed by atoms with Crippen LogP contribution in [0.2, 0.25) is 0 Å². The van der Waals surface area contributed by atoms with Gasteiger partial charge in [-0.2, -0.15) is 0 Å². The van der Waals surface area contributed by atoms with E-state index in [-0.39, 0.29) is 0 Å². The maximum absolute atomic E-state index is 4.52. The Bertz CT molecular complexity index is 1390. The van der Waals surface area contributed by atoms with Gasteiger partial charge in [0.15, 0.2) is 0 Å². The van der Waals surface area contributed by atoms with Crippen LogP contribution in [0.25, 0.3) is 48.0 Å². The lowest BCUT2D eigenvalue weighted by atomic mass is 10.1. The van der Waals surface area contributed by atoms with Crippen LogP contribution < -0.4 is 0 Å². The zero-order valence-corrected chi connectivity index (χ0v) is 14.3. The molecule has 25 heavy (non-hydrogen) atoms. The van der Waals surface area contributed by atoms with Crippen molar-refractivity contribution >= 4 is 48.7 Å². The van der Waals surface area contributed by atoms with E-state index < -0.39 is 0 Å². The molecule has 0 aliphatic heterocycles. The van der Waals surface area contributed by atoms with E-state index in [1.54, 1.807) is 11.3 Å². The van der Waals surface area contributed by atoms with Gasteiger partial charge < -0.3 is 0 Å². The van der Waals surface area contributed by atoms with Crippen LogP contribution in [0.5, 0.6) is 0 Å². The Hall–Kier alpha value is -2.98. The molecular weight excluding hydrogens is 326 g/mol. The summed E-state index contributed by atoms with van der Waals surface area (Å²) in [5.41, 5.74) is 4.84. The van der Waals surface area contributed by atoms with Crippen molar-refractivity contribution < 1.29 is 0 Å². The van der Waals surface area contributed by atoms with E-state index in [4.69, 9.17) is 0 Å². The zero-order chi connectivity index (χ0) is 16.5. The van der Waals surface area contributed by atoms with Crippen LogP contribution in [0.3, 0.4) is 0 Å². The molecule has 0 bridgehead atoms. The molecule has 5 aromatic heterocycles. The molecule has 0 unspecified atom stereocenters. The van der Waals surface area contributed by atoms with Gasteiger partial charge in [0.25, 0.3) is 0 Å². The SMILES string of the molecule is Cc1ccc2c3cncc4c5cc(-c6ccccn6)sc5n(c2c1)c34. The van der Waals surface area contributed by atoms with E-state index >= 15 is 0 Å². The minimum Gasteiger partial charge on any atom is -0.299 e. The lowest BCUT2D eigenvalue weighted by Gasteiger charge is -1.96. The van der Waals surface area contributed by atoms with Crippen molar-refractivity contribution in [3.63, 3.8) is 0 Å². The maximum atomic E-state index is 4.52. The number of aryl methyl sites for hydroxylation is 1. The van der Waals surface area contributed by atoms with E-state index in [2.05, 4.69) is 51.6 Å². The number of benzene rings is 1. The molecule has 6 rings (SSSR count). The van der Waals surface area contributed by atoms with Crippen LogP contribution in [0.4, 0.5) is 0 Å².